The molecule has 10 nitrogen and oxygen atoms in total. The summed E-state index contributed by atoms with van der Waals surface area (Å²) in [6.45, 7) is 8.96. The third kappa shape index (κ3) is 29.1. The van der Waals surface area contributed by atoms with Crippen LogP contribution >= 0.6 is 0 Å². The molecule has 2 N–H and O–H groups in total. The van der Waals surface area contributed by atoms with E-state index in [-0.39, 0.29) is 39.6 Å². The topological polar surface area (TPSA) is 138 Å². The molecule has 0 unspecified atom stereocenters. The molecule has 0 aliphatic rings. The Morgan fingerprint density at radius 3 is 1.30 bits per heavy atom. The number of carboxylic acids is 2. The number of aliphatic carboxylic acids is 2. The van der Waals surface area contributed by atoms with Crippen molar-refractivity contribution in [2.24, 2.45) is 11.8 Å². The van der Waals surface area contributed by atoms with Crippen LogP contribution in [0.3, 0.4) is 0 Å². The number of carboxylic acid groups (broad SMARTS) is 2. The van der Waals surface area contributed by atoms with Crippen LogP contribution in [-0.2, 0) is 33.3 Å². The fourth-order valence-corrected chi connectivity index (χ4v) is 1.17. The van der Waals surface area contributed by atoms with Gasteiger partial charge in [-0.2, -0.15) is 0 Å². The van der Waals surface area contributed by atoms with Gasteiger partial charge in [-0.25, -0.2) is 14.4 Å². The SMILES string of the molecule is CC(C)COC(=O)OCC(C)C.O=C(O)COCCOCCOCC(=O)O. The Morgan fingerprint density at radius 2 is 1.00 bits per heavy atom. The molecule has 0 heterocycles. The van der Waals surface area contributed by atoms with E-state index < -0.39 is 18.1 Å². The molecule has 0 radical (unpaired) electrons. The highest BCUT2D eigenvalue weighted by Gasteiger charge is 2.05. The molecule has 10 heteroatoms. The van der Waals surface area contributed by atoms with E-state index in [1.165, 1.54) is 0 Å². The van der Waals surface area contributed by atoms with Gasteiger partial charge in [0.25, 0.3) is 0 Å². The fourth-order valence-electron chi connectivity index (χ4n) is 1.17. The third-order valence-corrected chi connectivity index (χ3v) is 2.26. The van der Waals surface area contributed by atoms with Crippen LogP contribution in [0.15, 0.2) is 0 Å². The summed E-state index contributed by atoms with van der Waals surface area (Å²) in [5.41, 5.74) is 0. The van der Waals surface area contributed by atoms with Crippen LogP contribution in [0, 0.1) is 11.8 Å². The fraction of sp³-hybridized carbons (Fsp3) is 0.824. The molecule has 0 aromatic carbocycles. The first kappa shape index (κ1) is 27.3. The van der Waals surface area contributed by atoms with Gasteiger partial charge in [0.05, 0.1) is 39.6 Å². The van der Waals surface area contributed by atoms with Gasteiger partial charge in [-0.1, -0.05) is 27.7 Å². The number of carbonyl (C=O) groups excluding carboxylic acids is 1. The van der Waals surface area contributed by atoms with Crippen molar-refractivity contribution >= 4 is 18.1 Å². The zero-order valence-corrected chi connectivity index (χ0v) is 16.5. The van der Waals surface area contributed by atoms with Gasteiger partial charge in [0.15, 0.2) is 0 Å². The molecule has 0 fully saturated rings. The molecule has 0 aliphatic carbocycles. The highest BCUT2D eigenvalue weighted by Crippen LogP contribution is 1.97. The second-order valence-corrected chi connectivity index (χ2v) is 6.16. The Morgan fingerprint density at radius 1 is 0.667 bits per heavy atom. The zero-order chi connectivity index (χ0) is 21.1. The van der Waals surface area contributed by atoms with Gasteiger partial charge in [-0.05, 0) is 11.8 Å². The van der Waals surface area contributed by atoms with Crippen LogP contribution in [0.2, 0.25) is 0 Å². The van der Waals surface area contributed by atoms with E-state index in [2.05, 4.69) is 9.47 Å². The quantitative estimate of drug-likeness (QED) is 0.329. The number of carbonyl (C=O) groups is 3. The Labute approximate surface area is 159 Å². The van der Waals surface area contributed by atoms with E-state index in [0.717, 1.165) is 0 Å². The lowest BCUT2D eigenvalue weighted by Gasteiger charge is -2.08. The highest BCUT2D eigenvalue weighted by atomic mass is 16.7. The third-order valence-electron chi connectivity index (χ3n) is 2.26. The minimum absolute atomic E-state index is 0.186. The van der Waals surface area contributed by atoms with E-state index in [0.29, 0.717) is 25.0 Å². The van der Waals surface area contributed by atoms with Crippen molar-refractivity contribution in [1.29, 1.82) is 0 Å². The minimum atomic E-state index is -1.03. The number of hydrogen-bond acceptors (Lipinski definition) is 8. The average molecular weight is 396 g/mol. The van der Waals surface area contributed by atoms with Gasteiger partial charge in [0, 0.05) is 0 Å². The van der Waals surface area contributed by atoms with Gasteiger partial charge in [0.1, 0.15) is 13.2 Å². The lowest BCUT2D eigenvalue weighted by Crippen LogP contribution is -2.14. The Hall–Kier alpha value is -1.91. The first-order valence-corrected chi connectivity index (χ1v) is 8.61. The van der Waals surface area contributed by atoms with Crippen molar-refractivity contribution in [2.45, 2.75) is 27.7 Å². The maximum Gasteiger partial charge on any atom is 0.508 e. The smallest absolute Gasteiger partial charge is 0.480 e. The summed E-state index contributed by atoms with van der Waals surface area (Å²) in [5.74, 6) is -1.34. The standard InChI is InChI=1S/C9H18O3.C8H14O7/c1-7(2)5-11-9(10)12-6-8(3)4;9-7(10)5-14-3-1-13-2-4-15-6-8(11)12/h7-8H,5-6H2,1-4H3;1-6H2,(H,9,10)(H,11,12). The maximum atomic E-state index is 10.8. The molecule has 0 rings (SSSR count). The molecular formula is C17H32O10. The van der Waals surface area contributed by atoms with E-state index in [4.69, 9.17) is 24.4 Å². The van der Waals surface area contributed by atoms with Crippen molar-refractivity contribution in [3.8, 4) is 0 Å². The Bertz CT molecular complexity index is 361. The lowest BCUT2D eigenvalue weighted by atomic mass is 10.2. The summed E-state index contributed by atoms with van der Waals surface area (Å²) in [4.78, 5) is 30.8. The summed E-state index contributed by atoms with van der Waals surface area (Å²) >= 11 is 0. The monoisotopic (exact) mass is 396 g/mol. The van der Waals surface area contributed by atoms with Gasteiger partial charge < -0.3 is 33.9 Å². The minimum Gasteiger partial charge on any atom is -0.480 e. The molecule has 0 saturated carbocycles. The van der Waals surface area contributed by atoms with Crippen molar-refractivity contribution in [1.82, 2.24) is 0 Å². The van der Waals surface area contributed by atoms with Crippen LogP contribution in [-0.4, -0.2) is 81.2 Å². The van der Waals surface area contributed by atoms with E-state index in [1.807, 2.05) is 27.7 Å². The van der Waals surface area contributed by atoms with Crippen LogP contribution in [0.25, 0.3) is 0 Å². The van der Waals surface area contributed by atoms with Crippen molar-refractivity contribution in [3.63, 3.8) is 0 Å². The first-order valence-electron chi connectivity index (χ1n) is 8.61. The van der Waals surface area contributed by atoms with Crippen molar-refractivity contribution in [3.05, 3.63) is 0 Å². The van der Waals surface area contributed by atoms with Crippen LogP contribution < -0.4 is 0 Å². The summed E-state index contributed by atoms with van der Waals surface area (Å²) in [6.07, 6.45) is -0.558. The molecule has 0 aromatic rings. The van der Waals surface area contributed by atoms with Gasteiger partial charge in [0.2, 0.25) is 0 Å². The molecule has 0 bridgehead atoms. The molecule has 160 valence electrons. The largest absolute Gasteiger partial charge is 0.508 e. The Balaban J connectivity index is 0. The predicted octanol–water partition coefficient (Wildman–Crippen LogP) is 1.66. The lowest BCUT2D eigenvalue weighted by molar-refractivity contribution is -0.142. The first-order chi connectivity index (χ1) is 12.6. The van der Waals surface area contributed by atoms with Crippen molar-refractivity contribution in [2.75, 3.05) is 52.9 Å². The normalized spacial score (nSPS) is 10.3. The maximum absolute atomic E-state index is 10.8. The molecule has 0 atom stereocenters. The number of ether oxygens (including phenoxy) is 5. The average Bonchev–Trinajstić information content (AvgIpc) is 2.56. The van der Waals surface area contributed by atoms with Gasteiger partial charge in [-0.3, -0.25) is 0 Å². The summed E-state index contributed by atoms with van der Waals surface area (Å²) < 4.78 is 23.9. The van der Waals surface area contributed by atoms with Crippen molar-refractivity contribution < 1.29 is 48.3 Å². The van der Waals surface area contributed by atoms with E-state index in [9.17, 15) is 14.4 Å². The van der Waals surface area contributed by atoms with Crippen LogP contribution in [0.1, 0.15) is 27.7 Å². The van der Waals surface area contributed by atoms with Gasteiger partial charge >= 0.3 is 18.1 Å². The molecule has 0 saturated heterocycles. The molecule has 27 heavy (non-hydrogen) atoms. The molecule has 0 amide bonds. The van der Waals surface area contributed by atoms with Crippen LogP contribution in [0.4, 0.5) is 4.79 Å². The predicted molar refractivity (Wildman–Crippen MR) is 94.7 cm³/mol. The second kappa shape index (κ2) is 18.9. The second-order valence-electron chi connectivity index (χ2n) is 6.16. The van der Waals surface area contributed by atoms with Crippen LogP contribution in [0.5, 0.6) is 0 Å². The summed E-state index contributed by atoms with van der Waals surface area (Å²) in [5, 5.41) is 16.4. The summed E-state index contributed by atoms with van der Waals surface area (Å²) in [6, 6.07) is 0. The zero-order valence-electron chi connectivity index (χ0n) is 16.5. The molecular weight excluding hydrogens is 364 g/mol. The number of hydrogen-bond donors (Lipinski definition) is 2. The molecule has 0 aliphatic heterocycles. The highest BCUT2D eigenvalue weighted by molar-refractivity contribution is 5.68. The van der Waals surface area contributed by atoms with E-state index >= 15 is 0 Å². The van der Waals surface area contributed by atoms with Gasteiger partial charge in [-0.15, -0.1) is 0 Å². The van der Waals surface area contributed by atoms with E-state index in [1.54, 1.807) is 0 Å². The number of rotatable bonds is 14. The molecule has 0 aromatic heterocycles. The molecule has 0 spiro atoms. The Kier molecular flexibility index (Phi) is 19.1. The summed E-state index contributed by atoms with van der Waals surface area (Å²) in [7, 11) is 0.